The molecule has 0 radical (unpaired) electrons. The van der Waals surface area contributed by atoms with Crippen molar-refractivity contribution in [2.45, 2.75) is 124 Å². The van der Waals surface area contributed by atoms with Gasteiger partial charge >= 0.3 is 6.09 Å². The molecule has 5 rings (SSSR count). The molecule has 4 fully saturated rings. The number of allylic oxidation sites excluding steroid dienone is 1. The number of carbonyl (C=O) groups is 2. The molecule has 220 valence electrons. The lowest BCUT2D eigenvalue weighted by Gasteiger charge is -2.58. The highest BCUT2D eigenvalue weighted by Crippen LogP contribution is 2.67. The zero-order valence-electron chi connectivity index (χ0n) is 25.5. The Bertz CT molecular complexity index is 963. The highest BCUT2D eigenvalue weighted by Gasteiger charge is 2.59. The van der Waals surface area contributed by atoms with Crippen LogP contribution in [-0.2, 0) is 9.53 Å². The van der Waals surface area contributed by atoms with Gasteiger partial charge in [-0.1, -0.05) is 32.4 Å². The third-order valence-electron chi connectivity index (χ3n) is 12.2. The summed E-state index contributed by atoms with van der Waals surface area (Å²) in [6, 6.07) is -0.0181. The van der Waals surface area contributed by atoms with E-state index < -0.39 is 0 Å². The Labute approximate surface area is 236 Å². The van der Waals surface area contributed by atoms with E-state index in [4.69, 9.17) is 4.74 Å². The third-order valence-corrected chi connectivity index (χ3v) is 12.2. The van der Waals surface area contributed by atoms with E-state index in [1.54, 1.807) is 10.5 Å². The fourth-order valence-electron chi connectivity index (χ4n) is 10.1. The van der Waals surface area contributed by atoms with Crippen LogP contribution in [-0.4, -0.2) is 64.8 Å². The smallest absolute Gasteiger partial charge is 0.410 e. The Morgan fingerprint density at radius 2 is 1.85 bits per heavy atom. The molecule has 2 amide bonds. The fraction of sp³-hybridized carbons (Fsp3) is 0.879. The van der Waals surface area contributed by atoms with Crippen molar-refractivity contribution in [3.8, 4) is 0 Å². The number of fused-ring (bicyclic) bond motifs is 5. The average Bonchev–Trinajstić information content (AvgIpc) is 3.24. The lowest BCUT2D eigenvalue weighted by atomic mass is 9.47. The molecule has 6 heteroatoms. The quantitative estimate of drug-likeness (QED) is 0.407. The van der Waals surface area contributed by atoms with Gasteiger partial charge in [0.2, 0.25) is 5.91 Å². The molecule has 1 unspecified atom stereocenters. The molecular weight excluding hydrogens is 488 g/mol. The van der Waals surface area contributed by atoms with Gasteiger partial charge < -0.3 is 19.6 Å². The van der Waals surface area contributed by atoms with Crippen molar-refractivity contribution < 1.29 is 19.4 Å². The van der Waals surface area contributed by atoms with Crippen molar-refractivity contribution >= 4 is 12.0 Å². The Hall–Kier alpha value is -1.56. The van der Waals surface area contributed by atoms with Gasteiger partial charge in [0.25, 0.3) is 0 Å². The van der Waals surface area contributed by atoms with Crippen LogP contribution in [0.15, 0.2) is 11.6 Å². The molecule has 0 aromatic heterocycles. The highest BCUT2D eigenvalue weighted by atomic mass is 16.6. The maximum atomic E-state index is 13.2. The van der Waals surface area contributed by atoms with Crippen LogP contribution in [0.3, 0.4) is 0 Å². The zero-order chi connectivity index (χ0) is 28.1. The summed E-state index contributed by atoms with van der Waals surface area (Å²) in [4.78, 5) is 29.3. The minimum absolute atomic E-state index is 0.0181. The van der Waals surface area contributed by atoms with Gasteiger partial charge in [-0.15, -0.1) is 0 Å². The molecule has 0 aromatic rings. The second kappa shape index (κ2) is 11.0. The highest BCUT2D eigenvalue weighted by molar-refractivity contribution is 5.77. The molecule has 3 saturated carbocycles. The van der Waals surface area contributed by atoms with Crippen LogP contribution in [0.25, 0.3) is 0 Å². The summed E-state index contributed by atoms with van der Waals surface area (Å²) in [6.07, 6.45) is 13.1. The summed E-state index contributed by atoms with van der Waals surface area (Å²) < 4.78 is 5.38. The standard InChI is InChI=1S/C33H54N2O4/c1-21(2)39-31(38)35-18-17-34(20-23(35)4)30(37)12-7-22(3)27-10-11-28-26-9-8-24-19-25(36)13-15-32(24,5)29(26)14-16-33(27,28)6/h8,21-23,25-29,36H,7,9-20H2,1-6H3/t22?,23-,25-,26-,27+,28-,29-,32-,33+/m0/s1. The maximum absolute atomic E-state index is 13.2. The van der Waals surface area contributed by atoms with Gasteiger partial charge in [-0.3, -0.25) is 4.79 Å². The summed E-state index contributed by atoms with van der Waals surface area (Å²) >= 11 is 0. The molecular formula is C33H54N2O4. The average molecular weight is 543 g/mol. The monoisotopic (exact) mass is 542 g/mol. The van der Waals surface area contributed by atoms with Gasteiger partial charge in [-0.2, -0.15) is 0 Å². The Morgan fingerprint density at radius 1 is 1.08 bits per heavy atom. The van der Waals surface area contributed by atoms with Crippen LogP contribution in [0.4, 0.5) is 4.79 Å². The van der Waals surface area contributed by atoms with E-state index in [2.05, 4.69) is 26.8 Å². The first-order chi connectivity index (χ1) is 18.4. The van der Waals surface area contributed by atoms with E-state index >= 15 is 0 Å². The zero-order valence-corrected chi connectivity index (χ0v) is 25.5. The molecule has 39 heavy (non-hydrogen) atoms. The fourth-order valence-corrected chi connectivity index (χ4v) is 10.1. The van der Waals surface area contributed by atoms with Crippen molar-refractivity contribution in [3.05, 3.63) is 11.6 Å². The summed E-state index contributed by atoms with van der Waals surface area (Å²) in [6.45, 7) is 15.0. The van der Waals surface area contributed by atoms with Gasteiger partial charge in [0.05, 0.1) is 12.2 Å². The second-order valence-corrected chi connectivity index (χ2v) is 14.7. The lowest BCUT2D eigenvalue weighted by molar-refractivity contribution is -0.134. The number of rotatable bonds is 5. The Kier molecular flexibility index (Phi) is 8.18. The number of amides is 2. The molecule has 0 bridgehead atoms. The number of piperazine rings is 1. The predicted molar refractivity (Wildman–Crippen MR) is 154 cm³/mol. The first kappa shape index (κ1) is 29.0. The summed E-state index contributed by atoms with van der Waals surface area (Å²) in [7, 11) is 0. The van der Waals surface area contributed by atoms with E-state index in [0.29, 0.717) is 48.7 Å². The van der Waals surface area contributed by atoms with E-state index in [1.807, 2.05) is 25.7 Å². The molecule has 0 spiro atoms. The molecule has 4 aliphatic carbocycles. The molecule has 1 aliphatic heterocycles. The van der Waals surface area contributed by atoms with Crippen LogP contribution in [0.5, 0.6) is 0 Å². The largest absolute Gasteiger partial charge is 0.447 e. The first-order valence-corrected chi connectivity index (χ1v) is 16.1. The predicted octanol–water partition coefficient (Wildman–Crippen LogP) is 6.42. The van der Waals surface area contributed by atoms with Crippen LogP contribution in [0.2, 0.25) is 0 Å². The number of ether oxygens (including phenoxy) is 1. The van der Waals surface area contributed by atoms with Gasteiger partial charge in [0, 0.05) is 32.1 Å². The number of nitrogens with zero attached hydrogens (tertiary/aromatic N) is 2. The van der Waals surface area contributed by atoms with Crippen molar-refractivity contribution in [1.29, 1.82) is 0 Å². The Morgan fingerprint density at radius 3 is 2.56 bits per heavy atom. The van der Waals surface area contributed by atoms with Crippen molar-refractivity contribution in [1.82, 2.24) is 9.80 Å². The van der Waals surface area contributed by atoms with Crippen LogP contribution < -0.4 is 0 Å². The number of aliphatic hydroxyl groups excluding tert-OH is 1. The summed E-state index contributed by atoms with van der Waals surface area (Å²) in [5.41, 5.74) is 2.24. The van der Waals surface area contributed by atoms with Crippen molar-refractivity contribution in [2.24, 2.45) is 40.4 Å². The molecule has 1 saturated heterocycles. The normalized spacial score (nSPS) is 40.9. The van der Waals surface area contributed by atoms with E-state index in [1.165, 1.54) is 32.1 Å². The Balaban J connectivity index is 1.16. The molecule has 6 nitrogen and oxygen atoms in total. The summed E-state index contributed by atoms with van der Waals surface area (Å²) in [5.74, 6) is 3.84. The van der Waals surface area contributed by atoms with Crippen LogP contribution >= 0.6 is 0 Å². The van der Waals surface area contributed by atoms with Gasteiger partial charge in [-0.25, -0.2) is 4.79 Å². The van der Waals surface area contributed by atoms with Gasteiger partial charge in [0.1, 0.15) is 0 Å². The molecule has 1 N–H and O–H groups in total. The summed E-state index contributed by atoms with van der Waals surface area (Å²) in [5, 5.41) is 10.3. The van der Waals surface area contributed by atoms with E-state index in [9.17, 15) is 14.7 Å². The van der Waals surface area contributed by atoms with Crippen LogP contribution in [0, 0.1) is 40.4 Å². The third kappa shape index (κ3) is 5.28. The van der Waals surface area contributed by atoms with Gasteiger partial charge in [-0.05, 0) is 119 Å². The lowest BCUT2D eigenvalue weighted by Crippen LogP contribution is -2.55. The number of hydrogen-bond acceptors (Lipinski definition) is 4. The first-order valence-electron chi connectivity index (χ1n) is 16.1. The topological polar surface area (TPSA) is 70.1 Å². The molecule has 1 heterocycles. The second-order valence-electron chi connectivity index (χ2n) is 14.7. The minimum atomic E-state index is -0.267. The van der Waals surface area contributed by atoms with E-state index in [0.717, 1.165) is 43.4 Å². The van der Waals surface area contributed by atoms with Crippen LogP contribution in [0.1, 0.15) is 106 Å². The molecule has 5 aliphatic rings. The van der Waals surface area contributed by atoms with Gasteiger partial charge in [0.15, 0.2) is 0 Å². The number of carbonyl (C=O) groups excluding carboxylic acids is 2. The maximum Gasteiger partial charge on any atom is 0.410 e. The van der Waals surface area contributed by atoms with Crippen molar-refractivity contribution in [3.63, 3.8) is 0 Å². The molecule has 0 aromatic carbocycles. The number of aliphatic hydroxyl groups is 1. The van der Waals surface area contributed by atoms with Crippen molar-refractivity contribution in [2.75, 3.05) is 19.6 Å². The SMILES string of the molecule is CC(C)OC(=O)N1CCN(C(=O)CCC(C)[C@H]2CC[C@H]3[C@@H]4CC=C5C[C@@H](O)CC[C@]5(C)[C@H]4CC[C@]23C)C[C@@H]1C. The molecule has 9 atom stereocenters. The number of hydrogen-bond donors (Lipinski definition) is 1. The van der Waals surface area contributed by atoms with E-state index in [-0.39, 0.29) is 30.3 Å². The minimum Gasteiger partial charge on any atom is -0.447 e.